The van der Waals surface area contributed by atoms with Crippen molar-refractivity contribution in [3.8, 4) is 0 Å². The van der Waals surface area contributed by atoms with Gasteiger partial charge < -0.3 is 10.3 Å². The van der Waals surface area contributed by atoms with Crippen molar-refractivity contribution >= 4 is 0 Å². The summed E-state index contributed by atoms with van der Waals surface area (Å²) >= 11 is 0. The van der Waals surface area contributed by atoms with E-state index in [1.54, 1.807) is 0 Å². The van der Waals surface area contributed by atoms with Crippen molar-refractivity contribution in [2.24, 2.45) is 5.73 Å². The minimum atomic E-state index is 0.318. The summed E-state index contributed by atoms with van der Waals surface area (Å²) in [5.41, 5.74) is 7.30. The summed E-state index contributed by atoms with van der Waals surface area (Å²) in [6, 6.07) is 0.318. The van der Waals surface area contributed by atoms with Crippen LogP contribution < -0.4 is 5.73 Å². The molecule has 1 saturated carbocycles. The van der Waals surface area contributed by atoms with Gasteiger partial charge in [0.2, 0.25) is 0 Å². The minimum Gasteiger partial charge on any atom is -0.333 e. The van der Waals surface area contributed by atoms with E-state index >= 15 is 0 Å². The molecule has 3 heteroatoms. The molecule has 0 radical (unpaired) electrons. The van der Waals surface area contributed by atoms with Crippen molar-refractivity contribution in [2.45, 2.75) is 50.6 Å². The maximum Gasteiger partial charge on any atom is 0.111 e. The van der Waals surface area contributed by atoms with Crippen LogP contribution in [0.4, 0.5) is 0 Å². The van der Waals surface area contributed by atoms with Gasteiger partial charge in [0.1, 0.15) is 5.82 Å². The molecule has 0 saturated heterocycles. The zero-order valence-electron chi connectivity index (χ0n) is 8.61. The summed E-state index contributed by atoms with van der Waals surface area (Å²) in [6.07, 6.45) is 5.97. The highest BCUT2D eigenvalue weighted by Gasteiger charge is 2.30. The lowest BCUT2D eigenvalue weighted by atomic mass is 9.98. The van der Waals surface area contributed by atoms with Crippen molar-refractivity contribution in [3.63, 3.8) is 0 Å². The lowest BCUT2D eigenvalue weighted by Crippen LogP contribution is -2.33. The molecular weight excluding hydrogens is 174 g/mol. The second-order valence-electron chi connectivity index (χ2n) is 4.85. The Kier molecular flexibility index (Phi) is 1.71. The summed E-state index contributed by atoms with van der Waals surface area (Å²) in [5, 5.41) is 0. The van der Waals surface area contributed by atoms with E-state index < -0.39 is 0 Å². The summed E-state index contributed by atoms with van der Waals surface area (Å²) in [7, 11) is 0. The Bertz CT molecular complexity index is 351. The molecule has 2 heterocycles. The predicted octanol–water partition coefficient (Wildman–Crippen LogP) is 1.59. The Morgan fingerprint density at radius 1 is 1.50 bits per heavy atom. The monoisotopic (exact) mass is 191 g/mol. The zero-order chi connectivity index (χ0) is 9.71. The molecule has 1 fully saturated rings. The standard InChI is InChI=1S/C11H17N3/c1-7-4-9(12)5-14-6-10(8-2-3-8)13-11(7)14/h6-9H,2-5,12H2,1H3. The first-order valence-corrected chi connectivity index (χ1v) is 5.56. The largest absolute Gasteiger partial charge is 0.333 e. The van der Waals surface area contributed by atoms with Crippen LogP contribution in [0.3, 0.4) is 0 Å². The van der Waals surface area contributed by atoms with Gasteiger partial charge in [-0.1, -0.05) is 6.92 Å². The summed E-state index contributed by atoms with van der Waals surface area (Å²) in [6.45, 7) is 3.19. The highest BCUT2D eigenvalue weighted by Crippen LogP contribution is 2.40. The smallest absolute Gasteiger partial charge is 0.111 e. The molecule has 0 bridgehead atoms. The number of aromatic nitrogens is 2. The van der Waals surface area contributed by atoms with Crippen LogP contribution in [0.25, 0.3) is 0 Å². The van der Waals surface area contributed by atoms with Gasteiger partial charge >= 0.3 is 0 Å². The second kappa shape index (κ2) is 2.83. The molecule has 2 aliphatic rings. The molecule has 2 N–H and O–H groups in total. The number of nitrogens with zero attached hydrogens (tertiary/aromatic N) is 2. The number of nitrogens with two attached hydrogens (primary N) is 1. The first kappa shape index (κ1) is 8.48. The van der Waals surface area contributed by atoms with Gasteiger partial charge in [-0.2, -0.15) is 0 Å². The van der Waals surface area contributed by atoms with E-state index in [1.807, 2.05) is 0 Å². The van der Waals surface area contributed by atoms with E-state index in [9.17, 15) is 0 Å². The average molecular weight is 191 g/mol. The van der Waals surface area contributed by atoms with Crippen molar-refractivity contribution in [1.29, 1.82) is 0 Å². The summed E-state index contributed by atoms with van der Waals surface area (Å²) in [5.74, 6) is 2.55. The zero-order valence-corrected chi connectivity index (χ0v) is 8.61. The fourth-order valence-corrected chi connectivity index (χ4v) is 2.45. The highest BCUT2D eigenvalue weighted by atomic mass is 15.1. The molecule has 1 aliphatic heterocycles. The predicted molar refractivity (Wildman–Crippen MR) is 55.2 cm³/mol. The Labute approximate surface area is 84.3 Å². The van der Waals surface area contributed by atoms with Crippen molar-refractivity contribution < 1.29 is 0 Å². The molecule has 2 atom stereocenters. The van der Waals surface area contributed by atoms with E-state index in [0.29, 0.717) is 12.0 Å². The summed E-state index contributed by atoms with van der Waals surface area (Å²) < 4.78 is 2.27. The topological polar surface area (TPSA) is 43.8 Å². The van der Waals surface area contributed by atoms with Gasteiger partial charge in [-0.15, -0.1) is 0 Å². The lowest BCUT2D eigenvalue weighted by molar-refractivity contribution is 0.407. The fourth-order valence-electron chi connectivity index (χ4n) is 2.45. The number of imidazole rings is 1. The summed E-state index contributed by atoms with van der Waals surface area (Å²) in [4.78, 5) is 4.74. The van der Waals surface area contributed by atoms with E-state index in [1.165, 1.54) is 24.4 Å². The molecule has 0 spiro atoms. The van der Waals surface area contributed by atoms with E-state index in [-0.39, 0.29) is 0 Å². The quantitative estimate of drug-likeness (QED) is 0.732. The molecule has 1 aromatic heterocycles. The maximum absolute atomic E-state index is 5.99. The molecule has 14 heavy (non-hydrogen) atoms. The van der Waals surface area contributed by atoms with E-state index in [2.05, 4.69) is 17.7 Å². The molecule has 76 valence electrons. The van der Waals surface area contributed by atoms with Crippen LogP contribution in [0.2, 0.25) is 0 Å². The highest BCUT2D eigenvalue weighted by molar-refractivity contribution is 5.18. The first-order valence-electron chi connectivity index (χ1n) is 5.56. The third kappa shape index (κ3) is 1.27. The van der Waals surface area contributed by atoms with Crippen LogP contribution >= 0.6 is 0 Å². The van der Waals surface area contributed by atoms with Gasteiger partial charge in [0.25, 0.3) is 0 Å². The van der Waals surface area contributed by atoms with Crippen molar-refractivity contribution in [1.82, 2.24) is 9.55 Å². The maximum atomic E-state index is 5.99. The second-order valence-corrected chi connectivity index (χ2v) is 4.85. The molecule has 1 aliphatic carbocycles. The van der Waals surface area contributed by atoms with Gasteiger partial charge in [-0.3, -0.25) is 0 Å². The third-order valence-electron chi connectivity index (χ3n) is 3.35. The van der Waals surface area contributed by atoms with Gasteiger partial charge in [-0.05, 0) is 19.3 Å². The van der Waals surface area contributed by atoms with Gasteiger partial charge in [0.05, 0.1) is 5.69 Å². The molecule has 0 aromatic carbocycles. The molecular formula is C11H17N3. The van der Waals surface area contributed by atoms with Crippen molar-refractivity contribution in [2.75, 3.05) is 0 Å². The Morgan fingerprint density at radius 2 is 2.29 bits per heavy atom. The number of fused-ring (bicyclic) bond motifs is 1. The molecule has 1 aromatic rings. The van der Waals surface area contributed by atoms with Crippen LogP contribution in [0.5, 0.6) is 0 Å². The molecule has 3 rings (SSSR count). The van der Waals surface area contributed by atoms with Gasteiger partial charge in [-0.25, -0.2) is 4.98 Å². The van der Waals surface area contributed by atoms with Crippen LogP contribution in [0.1, 0.15) is 49.5 Å². The van der Waals surface area contributed by atoms with Gasteiger partial charge in [0.15, 0.2) is 0 Å². The number of rotatable bonds is 1. The Balaban J connectivity index is 1.97. The SMILES string of the molecule is CC1CC(N)Cn2cc(C3CC3)nc21. The van der Waals surface area contributed by atoms with Gasteiger partial charge in [0, 0.05) is 30.6 Å². The van der Waals surface area contributed by atoms with Crippen LogP contribution in [0, 0.1) is 0 Å². The van der Waals surface area contributed by atoms with Crippen LogP contribution in [-0.2, 0) is 6.54 Å². The fraction of sp³-hybridized carbons (Fsp3) is 0.727. The Morgan fingerprint density at radius 3 is 3.00 bits per heavy atom. The third-order valence-corrected chi connectivity index (χ3v) is 3.35. The molecule has 0 amide bonds. The van der Waals surface area contributed by atoms with Crippen LogP contribution in [-0.4, -0.2) is 15.6 Å². The average Bonchev–Trinajstić information content (AvgIpc) is 2.87. The first-order chi connectivity index (χ1) is 6.74. The Hall–Kier alpha value is -0.830. The van der Waals surface area contributed by atoms with E-state index in [0.717, 1.165) is 18.9 Å². The van der Waals surface area contributed by atoms with Crippen LogP contribution in [0.15, 0.2) is 6.20 Å². The minimum absolute atomic E-state index is 0.318. The molecule has 2 unspecified atom stereocenters. The lowest BCUT2D eigenvalue weighted by Gasteiger charge is -2.25. The molecule has 3 nitrogen and oxygen atoms in total. The van der Waals surface area contributed by atoms with E-state index in [4.69, 9.17) is 10.7 Å². The number of hydrogen-bond donors (Lipinski definition) is 1. The number of hydrogen-bond acceptors (Lipinski definition) is 2. The normalized spacial score (nSPS) is 31.6. The van der Waals surface area contributed by atoms with Crippen molar-refractivity contribution in [3.05, 3.63) is 17.7 Å².